The van der Waals surface area contributed by atoms with Crippen LogP contribution < -0.4 is 5.32 Å². The molecule has 0 bridgehead atoms. The summed E-state index contributed by atoms with van der Waals surface area (Å²) >= 11 is 3.57. The van der Waals surface area contributed by atoms with Gasteiger partial charge in [-0.3, -0.25) is 0 Å². The SMILES string of the molecule is CCNC(c1cc(C)cc(F)c1)c1cc(C)c(Br)cc1C. The highest BCUT2D eigenvalue weighted by Gasteiger charge is 2.17. The van der Waals surface area contributed by atoms with E-state index in [1.807, 2.05) is 13.0 Å². The molecule has 2 aromatic rings. The van der Waals surface area contributed by atoms with Crippen molar-refractivity contribution in [3.05, 3.63) is 68.4 Å². The molecule has 0 saturated heterocycles. The molecule has 1 unspecified atom stereocenters. The van der Waals surface area contributed by atoms with Crippen molar-refractivity contribution in [1.82, 2.24) is 5.32 Å². The molecule has 0 aliphatic rings. The van der Waals surface area contributed by atoms with Gasteiger partial charge in [0.2, 0.25) is 0 Å². The zero-order valence-corrected chi connectivity index (χ0v) is 14.5. The standard InChI is InChI=1S/C18H21BrFN/c1-5-21-18(14-6-11(2)7-15(20)10-14)16-8-13(4)17(19)9-12(16)3/h6-10,18,21H,5H2,1-4H3. The molecule has 0 aliphatic carbocycles. The number of aryl methyl sites for hydroxylation is 3. The number of rotatable bonds is 4. The van der Waals surface area contributed by atoms with Gasteiger partial charge in [-0.2, -0.15) is 0 Å². The largest absolute Gasteiger partial charge is 0.307 e. The normalized spacial score (nSPS) is 12.5. The van der Waals surface area contributed by atoms with Crippen LogP contribution in [0.1, 0.15) is 40.8 Å². The van der Waals surface area contributed by atoms with Crippen LogP contribution in [0.25, 0.3) is 0 Å². The summed E-state index contributed by atoms with van der Waals surface area (Å²) in [5.41, 5.74) is 5.49. The summed E-state index contributed by atoms with van der Waals surface area (Å²) in [4.78, 5) is 0. The minimum absolute atomic E-state index is 0.0104. The molecule has 0 aromatic heterocycles. The summed E-state index contributed by atoms with van der Waals surface area (Å²) in [6.07, 6.45) is 0. The lowest BCUT2D eigenvalue weighted by Crippen LogP contribution is -2.23. The molecule has 1 nitrogen and oxygen atoms in total. The van der Waals surface area contributed by atoms with Crippen LogP contribution in [-0.4, -0.2) is 6.54 Å². The molecule has 0 heterocycles. The van der Waals surface area contributed by atoms with Gasteiger partial charge in [0.1, 0.15) is 5.82 Å². The Morgan fingerprint density at radius 3 is 2.38 bits per heavy atom. The maximum Gasteiger partial charge on any atom is 0.123 e. The van der Waals surface area contributed by atoms with E-state index in [0.717, 1.165) is 22.1 Å². The Bertz CT molecular complexity index is 632. The summed E-state index contributed by atoms with van der Waals surface area (Å²) in [5.74, 6) is -0.181. The number of halogens is 2. The van der Waals surface area contributed by atoms with Gasteiger partial charge < -0.3 is 5.32 Å². The first-order chi connectivity index (χ1) is 9.92. The number of hydrogen-bond donors (Lipinski definition) is 1. The molecule has 1 atom stereocenters. The van der Waals surface area contributed by atoms with E-state index in [1.165, 1.54) is 16.7 Å². The van der Waals surface area contributed by atoms with Crippen LogP contribution in [0.2, 0.25) is 0 Å². The van der Waals surface area contributed by atoms with E-state index in [-0.39, 0.29) is 11.9 Å². The molecule has 0 saturated carbocycles. The van der Waals surface area contributed by atoms with Crippen LogP contribution in [0.3, 0.4) is 0 Å². The molecule has 1 N–H and O–H groups in total. The van der Waals surface area contributed by atoms with Gasteiger partial charge in [-0.1, -0.05) is 35.0 Å². The highest BCUT2D eigenvalue weighted by molar-refractivity contribution is 9.10. The molecular formula is C18H21BrFN. The summed E-state index contributed by atoms with van der Waals surface area (Å²) in [6.45, 7) is 8.99. The highest BCUT2D eigenvalue weighted by Crippen LogP contribution is 2.30. The first-order valence-electron chi connectivity index (χ1n) is 7.19. The Balaban J connectivity index is 2.55. The predicted octanol–water partition coefficient (Wildman–Crippen LogP) is 5.21. The minimum atomic E-state index is -0.181. The Morgan fingerprint density at radius 1 is 1.05 bits per heavy atom. The van der Waals surface area contributed by atoms with Crippen molar-refractivity contribution in [2.24, 2.45) is 0 Å². The Labute approximate surface area is 134 Å². The number of hydrogen-bond acceptors (Lipinski definition) is 1. The molecule has 0 radical (unpaired) electrons. The maximum atomic E-state index is 13.8. The molecule has 0 aliphatic heterocycles. The molecule has 2 aromatic carbocycles. The van der Waals surface area contributed by atoms with Gasteiger partial charge in [0, 0.05) is 4.47 Å². The van der Waals surface area contributed by atoms with E-state index in [4.69, 9.17) is 0 Å². The van der Waals surface area contributed by atoms with Crippen LogP contribution in [-0.2, 0) is 0 Å². The molecule has 0 spiro atoms. The summed E-state index contributed by atoms with van der Waals surface area (Å²) in [5, 5.41) is 3.48. The van der Waals surface area contributed by atoms with Gasteiger partial charge >= 0.3 is 0 Å². The molecular weight excluding hydrogens is 329 g/mol. The van der Waals surface area contributed by atoms with Crippen molar-refractivity contribution >= 4 is 15.9 Å². The minimum Gasteiger partial charge on any atom is -0.307 e. The highest BCUT2D eigenvalue weighted by atomic mass is 79.9. The monoisotopic (exact) mass is 349 g/mol. The topological polar surface area (TPSA) is 12.0 Å². The third-order valence-electron chi connectivity index (χ3n) is 3.66. The van der Waals surface area contributed by atoms with Crippen molar-refractivity contribution in [2.45, 2.75) is 33.7 Å². The van der Waals surface area contributed by atoms with Crippen molar-refractivity contribution < 1.29 is 4.39 Å². The molecule has 3 heteroatoms. The van der Waals surface area contributed by atoms with E-state index in [2.05, 4.69) is 54.2 Å². The molecule has 112 valence electrons. The van der Waals surface area contributed by atoms with Crippen molar-refractivity contribution in [2.75, 3.05) is 6.54 Å². The van der Waals surface area contributed by atoms with E-state index >= 15 is 0 Å². The summed E-state index contributed by atoms with van der Waals surface area (Å²) in [7, 11) is 0. The third-order valence-corrected chi connectivity index (χ3v) is 4.52. The first-order valence-corrected chi connectivity index (χ1v) is 7.98. The second-order valence-corrected chi connectivity index (χ2v) is 6.36. The van der Waals surface area contributed by atoms with Gasteiger partial charge in [-0.15, -0.1) is 0 Å². The second kappa shape index (κ2) is 6.71. The maximum absolute atomic E-state index is 13.8. The average Bonchev–Trinajstić information content (AvgIpc) is 2.39. The van der Waals surface area contributed by atoms with Crippen LogP contribution in [0.5, 0.6) is 0 Å². The molecule has 0 amide bonds. The van der Waals surface area contributed by atoms with Crippen LogP contribution in [0, 0.1) is 26.6 Å². The lowest BCUT2D eigenvalue weighted by Gasteiger charge is -2.22. The van der Waals surface area contributed by atoms with Crippen LogP contribution in [0.4, 0.5) is 4.39 Å². The fraction of sp³-hybridized carbons (Fsp3) is 0.333. The Kier molecular flexibility index (Phi) is 5.17. The molecule has 2 rings (SSSR count). The van der Waals surface area contributed by atoms with Crippen molar-refractivity contribution in [3.63, 3.8) is 0 Å². The lowest BCUT2D eigenvalue weighted by atomic mass is 9.92. The Hall–Kier alpha value is -1.19. The van der Waals surface area contributed by atoms with Crippen LogP contribution >= 0.6 is 15.9 Å². The van der Waals surface area contributed by atoms with E-state index in [9.17, 15) is 4.39 Å². The van der Waals surface area contributed by atoms with Crippen molar-refractivity contribution in [1.29, 1.82) is 0 Å². The average molecular weight is 350 g/mol. The van der Waals surface area contributed by atoms with Gasteiger partial charge in [-0.25, -0.2) is 4.39 Å². The van der Waals surface area contributed by atoms with Gasteiger partial charge in [0.25, 0.3) is 0 Å². The zero-order chi connectivity index (χ0) is 15.6. The fourth-order valence-electron chi connectivity index (χ4n) is 2.66. The Morgan fingerprint density at radius 2 is 1.76 bits per heavy atom. The first kappa shape index (κ1) is 16.2. The molecule has 21 heavy (non-hydrogen) atoms. The second-order valence-electron chi connectivity index (χ2n) is 5.51. The van der Waals surface area contributed by atoms with E-state index in [0.29, 0.717) is 0 Å². The van der Waals surface area contributed by atoms with Gasteiger partial charge in [0.05, 0.1) is 6.04 Å². The van der Waals surface area contributed by atoms with Gasteiger partial charge in [0.15, 0.2) is 0 Å². The van der Waals surface area contributed by atoms with Crippen molar-refractivity contribution in [3.8, 4) is 0 Å². The predicted molar refractivity (Wildman–Crippen MR) is 90.3 cm³/mol. The number of nitrogens with one attached hydrogen (secondary N) is 1. The zero-order valence-electron chi connectivity index (χ0n) is 12.9. The molecule has 0 fully saturated rings. The summed E-state index contributed by atoms with van der Waals surface area (Å²) < 4.78 is 14.9. The van der Waals surface area contributed by atoms with Crippen LogP contribution in [0.15, 0.2) is 34.8 Å². The van der Waals surface area contributed by atoms with Gasteiger partial charge in [-0.05, 0) is 73.3 Å². The number of benzene rings is 2. The van der Waals surface area contributed by atoms with E-state index < -0.39 is 0 Å². The fourth-order valence-corrected chi connectivity index (χ4v) is 3.11. The summed E-state index contributed by atoms with van der Waals surface area (Å²) in [6, 6.07) is 9.54. The quantitative estimate of drug-likeness (QED) is 0.798. The lowest BCUT2D eigenvalue weighted by molar-refractivity contribution is 0.600. The third kappa shape index (κ3) is 3.72. The smallest absolute Gasteiger partial charge is 0.123 e. The van der Waals surface area contributed by atoms with E-state index in [1.54, 1.807) is 12.1 Å².